The third kappa shape index (κ3) is 8.70. The number of fused-ring (bicyclic) bond motifs is 1. The minimum Gasteiger partial charge on any atom is -0.482 e. The summed E-state index contributed by atoms with van der Waals surface area (Å²) in [5.41, 5.74) is 5.03. The predicted molar refractivity (Wildman–Crippen MR) is 129 cm³/mol. The minimum atomic E-state index is -3.09. The van der Waals surface area contributed by atoms with E-state index in [1.54, 1.807) is 29.8 Å². The first kappa shape index (κ1) is 28.4. The number of hydrogen-bond acceptors (Lipinski definition) is 6. The number of ether oxygens (including phenoxy) is 2. The molecule has 7 nitrogen and oxygen atoms in total. The zero-order chi connectivity index (χ0) is 26.2. The van der Waals surface area contributed by atoms with E-state index in [0.29, 0.717) is 24.0 Å². The Morgan fingerprint density at radius 3 is 2.46 bits per heavy atom. The van der Waals surface area contributed by atoms with Gasteiger partial charge >= 0.3 is 0 Å². The normalized spacial score (nSPS) is 11.8. The Bertz CT molecular complexity index is 1100. The molecule has 0 aliphatic heterocycles. The number of aromatic nitrogens is 3. The topological polar surface area (TPSA) is 69.9 Å². The summed E-state index contributed by atoms with van der Waals surface area (Å²) in [7, 11) is 0. The average molecular weight is 497 g/mol. The maximum absolute atomic E-state index is 13.6. The van der Waals surface area contributed by atoms with Gasteiger partial charge < -0.3 is 13.9 Å². The van der Waals surface area contributed by atoms with Crippen LogP contribution in [-0.2, 0) is 11.4 Å². The highest BCUT2D eigenvalue weighted by molar-refractivity contribution is 5.49. The predicted octanol–water partition coefficient (Wildman–Crippen LogP) is 6.63. The molecular weight excluding hydrogens is 461 g/mol. The number of halogens is 3. The molecule has 35 heavy (non-hydrogen) atoms. The van der Waals surface area contributed by atoms with E-state index in [-0.39, 0.29) is 23.8 Å². The van der Waals surface area contributed by atoms with Gasteiger partial charge in [-0.05, 0) is 38.8 Å². The zero-order valence-corrected chi connectivity index (χ0v) is 21.4. The monoisotopic (exact) mass is 496 g/mol. The van der Waals surface area contributed by atoms with E-state index in [2.05, 4.69) is 36.2 Å². The summed E-state index contributed by atoms with van der Waals surface area (Å²) in [4.78, 5) is 14.0. The van der Waals surface area contributed by atoms with Crippen molar-refractivity contribution in [1.29, 1.82) is 0 Å². The maximum atomic E-state index is 13.6. The Balaban J connectivity index is 0.00000210. The number of nitrogens with zero attached hydrogens (tertiary/aromatic N) is 3. The van der Waals surface area contributed by atoms with E-state index in [4.69, 9.17) is 14.3 Å². The van der Waals surface area contributed by atoms with Crippen molar-refractivity contribution in [1.82, 2.24) is 19.8 Å². The van der Waals surface area contributed by atoms with E-state index in [9.17, 15) is 13.2 Å². The quantitative estimate of drug-likeness (QED) is 0.301. The smallest absolute Gasteiger partial charge is 0.278 e. The van der Waals surface area contributed by atoms with Crippen LogP contribution in [0.1, 0.15) is 65.6 Å². The SMILES string of the molecule is CC.CCCC(C)(C)NOCc1cn2cc(Oc3ncc(F)cc3OCC(C)(F)F)c(C)cc2n1. The van der Waals surface area contributed by atoms with Gasteiger partial charge in [0.15, 0.2) is 12.4 Å². The van der Waals surface area contributed by atoms with E-state index in [1.807, 2.05) is 13.8 Å². The summed E-state index contributed by atoms with van der Waals surface area (Å²) < 4.78 is 52.6. The second-order valence-corrected chi connectivity index (χ2v) is 8.76. The summed E-state index contributed by atoms with van der Waals surface area (Å²) in [6, 6.07) is 2.76. The Kier molecular flexibility index (Phi) is 9.91. The van der Waals surface area contributed by atoms with Crippen molar-refractivity contribution in [2.24, 2.45) is 0 Å². The third-order valence-electron chi connectivity index (χ3n) is 4.72. The molecular formula is C25H35F3N4O3. The van der Waals surface area contributed by atoms with Crippen LogP contribution in [0.25, 0.3) is 5.65 Å². The van der Waals surface area contributed by atoms with Gasteiger partial charge in [-0.1, -0.05) is 27.2 Å². The molecule has 0 aliphatic rings. The van der Waals surface area contributed by atoms with E-state index < -0.39 is 18.3 Å². The first-order valence-corrected chi connectivity index (χ1v) is 11.7. The zero-order valence-electron chi connectivity index (χ0n) is 21.4. The molecule has 10 heteroatoms. The molecule has 3 rings (SSSR count). The molecule has 194 valence electrons. The first-order valence-electron chi connectivity index (χ1n) is 11.7. The molecule has 0 amide bonds. The van der Waals surface area contributed by atoms with Crippen molar-refractivity contribution < 1.29 is 27.5 Å². The lowest BCUT2D eigenvalue weighted by atomic mass is 10.0. The molecule has 0 bridgehead atoms. The van der Waals surface area contributed by atoms with Gasteiger partial charge in [-0.25, -0.2) is 23.1 Å². The molecule has 1 N–H and O–H groups in total. The van der Waals surface area contributed by atoms with E-state index in [1.165, 1.54) is 0 Å². The Morgan fingerprint density at radius 1 is 1.09 bits per heavy atom. The van der Waals surface area contributed by atoms with Crippen LogP contribution in [-0.4, -0.2) is 32.4 Å². The number of hydrogen-bond donors (Lipinski definition) is 1. The number of nitrogens with one attached hydrogen (secondary N) is 1. The molecule has 0 unspecified atom stereocenters. The van der Waals surface area contributed by atoms with Crippen LogP contribution in [0, 0.1) is 12.7 Å². The number of alkyl halides is 2. The Hall–Kier alpha value is -2.85. The lowest BCUT2D eigenvalue weighted by Crippen LogP contribution is -2.38. The summed E-state index contributed by atoms with van der Waals surface area (Å²) in [5, 5.41) is 0. The van der Waals surface area contributed by atoms with Gasteiger partial charge in [0.1, 0.15) is 23.8 Å². The fraction of sp³-hybridized carbons (Fsp3) is 0.520. The highest BCUT2D eigenvalue weighted by Gasteiger charge is 2.24. The van der Waals surface area contributed by atoms with Gasteiger partial charge in [-0.15, -0.1) is 0 Å². The van der Waals surface area contributed by atoms with Crippen LogP contribution in [0.15, 0.2) is 30.7 Å². The molecule has 3 heterocycles. The standard InChI is InChI=1S/C23H29F3N4O3.C2H6/c1-6-7-22(3,4)29-32-13-17-11-30-12-19(15(2)8-20(30)28-17)33-21-18(9-16(24)10-27-21)31-14-23(5,25)26;1-2/h8-12,29H,6-7,13-14H2,1-5H3;1-2H3. The number of aryl methyl sites for hydroxylation is 1. The van der Waals surface area contributed by atoms with Crippen LogP contribution in [0.4, 0.5) is 13.2 Å². The fourth-order valence-corrected chi connectivity index (χ4v) is 3.22. The number of hydroxylamine groups is 1. The van der Waals surface area contributed by atoms with E-state index in [0.717, 1.165) is 30.7 Å². The molecule has 0 aromatic carbocycles. The summed E-state index contributed by atoms with van der Waals surface area (Å²) in [5.74, 6) is -3.75. The highest BCUT2D eigenvalue weighted by atomic mass is 19.3. The van der Waals surface area contributed by atoms with Crippen molar-refractivity contribution in [3.05, 3.63) is 47.8 Å². The second-order valence-electron chi connectivity index (χ2n) is 8.76. The minimum absolute atomic E-state index is 0.117. The van der Waals surface area contributed by atoms with Crippen LogP contribution >= 0.6 is 0 Å². The van der Waals surface area contributed by atoms with Gasteiger partial charge in [0.25, 0.3) is 11.8 Å². The van der Waals surface area contributed by atoms with Crippen LogP contribution in [0.5, 0.6) is 17.4 Å². The number of imidazole rings is 1. The largest absolute Gasteiger partial charge is 0.482 e. The van der Waals surface area contributed by atoms with Crippen LogP contribution < -0.4 is 15.0 Å². The summed E-state index contributed by atoms with van der Waals surface area (Å²) in [6.07, 6.45) is 6.41. The first-order chi connectivity index (χ1) is 16.5. The van der Waals surface area contributed by atoms with Gasteiger partial charge in [0.2, 0.25) is 0 Å². The molecule has 0 saturated heterocycles. The van der Waals surface area contributed by atoms with Crippen molar-refractivity contribution in [2.75, 3.05) is 6.61 Å². The van der Waals surface area contributed by atoms with Gasteiger partial charge in [0.05, 0.1) is 18.1 Å². The van der Waals surface area contributed by atoms with Crippen molar-refractivity contribution in [3.8, 4) is 17.4 Å². The van der Waals surface area contributed by atoms with Crippen molar-refractivity contribution in [2.45, 2.75) is 79.4 Å². The van der Waals surface area contributed by atoms with E-state index >= 15 is 0 Å². The van der Waals surface area contributed by atoms with Crippen LogP contribution in [0.2, 0.25) is 0 Å². The third-order valence-corrected chi connectivity index (χ3v) is 4.72. The summed E-state index contributed by atoms with van der Waals surface area (Å²) in [6.45, 7) is 12.1. The molecule has 0 saturated carbocycles. The lowest BCUT2D eigenvalue weighted by Gasteiger charge is -2.24. The molecule has 3 aromatic rings. The fourth-order valence-electron chi connectivity index (χ4n) is 3.22. The van der Waals surface area contributed by atoms with Crippen molar-refractivity contribution >= 4 is 5.65 Å². The lowest BCUT2D eigenvalue weighted by molar-refractivity contribution is -0.0271. The average Bonchev–Trinajstić information content (AvgIpc) is 3.16. The van der Waals surface area contributed by atoms with Crippen molar-refractivity contribution in [3.63, 3.8) is 0 Å². The molecule has 3 aromatic heterocycles. The highest BCUT2D eigenvalue weighted by Crippen LogP contribution is 2.33. The Morgan fingerprint density at radius 2 is 1.80 bits per heavy atom. The Labute approximate surface area is 204 Å². The van der Waals surface area contributed by atoms with Crippen LogP contribution in [0.3, 0.4) is 0 Å². The summed E-state index contributed by atoms with van der Waals surface area (Å²) >= 11 is 0. The molecule has 0 spiro atoms. The molecule has 0 atom stereocenters. The molecule has 0 radical (unpaired) electrons. The van der Waals surface area contributed by atoms with Gasteiger partial charge in [0, 0.05) is 24.7 Å². The number of pyridine rings is 2. The maximum Gasteiger partial charge on any atom is 0.278 e. The molecule has 0 fully saturated rings. The number of rotatable bonds is 11. The van der Waals surface area contributed by atoms with Gasteiger partial charge in [-0.3, -0.25) is 4.84 Å². The molecule has 0 aliphatic carbocycles. The van der Waals surface area contributed by atoms with Gasteiger partial charge in [-0.2, -0.15) is 5.48 Å². The second kappa shape index (κ2) is 12.2.